The SMILES string of the molecule is COc1cccc(-n2c(/C=C\c3ccc(Br)cc3)nc3ccccc3c2=O)c1. The molecule has 28 heavy (non-hydrogen) atoms. The molecule has 0 N–H and O–H groups in total. The van der Waals surface area contributed by atoms with Gasteiger partial charge in [0.15, 0.2) is 0 Å². The van der Waals surface area contributed by atoms with E-state index in [0.717, 1.165) is 10.0 Å². The third-order valence-corrected chi connectivity index (χ3v) is 4.94. The highest BCUT2D eigenvalue weighted by Crippen LogP contribution is 2.19. The lowest BCUT2D eigenvalue weighted by Gasteiger charge is -2.12. The predicted octanol–water partition coefficient (Wildman–Crippen LogP) is 5.33. The van der Waals surface area contributed by atoms with Gasteiger partial charge in [-0.25, -0.2) is 4.98 Å². The molecule has 0 fully saturated rings. The van der Waals surface area contributed by atoms with Crippen LogP contribution in [0.5, 0.6) is 5.75 Å². The van der Waals surface area contributed by atoms with E-state index in [2.05, 4.69) is 15.9 Å². The number of ether oxygens (including phenoxy) is 1. The molecule has 0 aliphatic heterocycles. The molecule has 1 aromatic heterocycles. The normalized spacial score (nSPS) is 11.2. The van der Waals surface area contributed by atoms with E-state index in [0.29, 0.717) is 28.2 Å². The monoisotopic (exact) mass is 432 g/mol. The number of methoxy groups -OCH3 is 1. The highest BCUT2D eigenvalue weighted by atomic mass is 79.9. The van der Waals surface area contributed by atoms with Crippen molar-refractivity contribution in [2.75, 3.05) is 7.11 Å². The Morgan fingerprint density at radius 1 is 0.964 bits per heavy atom. The van der Waals surface area contributed by atoms with E-state index in [9.17, 15) is 4.79 Å². The molecule has 1 heterocycles. The summed E-state index contributed by atoms with van der Waals surface area (Å²) in [6.45, 7) is 0. The largest absolute Gasteiger partial charge is 0.497 e. The van der Waals surface area contributed by atoms with Crippen molar-refractivity contribution < 1.29 is 4.74 Å². The van der Waals surface area contributed by atoms with Gasteiger partial charge in [-0.3, -0.25) is 9.36 Å². The number of hydrogen-bond donors (Lipinski definition) is 0. The zero-order chi connectivity index (χ0) is 19.5. The van der Waals surface area contributed by atoms with Crippen molar-refractivity contribution >= 4 is 39.0 Å². The van der Waals surface area contributed by atoms with Crippen LogP contribution in [0.4, 0.5) is 0 Å². The molecule has 138 valence electrons. The Morgan fingerprint density at radius 2 is 1.75 bits per heavy atom. The Bertz CT molecular complexity index is 1230. The zero-order valence-electron chi connectivity index (χ0n) is 15.2. The van der Waals surface area contributed by atoms with Crippen molar-refractivity contribution in [2.45, 2.75) is 0 Å². The van der Waals surface area contributed by atoms with Crippen molar-refractivity contribution in [3.05, 3.63) is 99.0 Å². The van der Waals surface area contributed by atoms with Crippen LogP contribution in [-0.2, 0) is 0 Å². The Balaban J connectivity index is 1.92. The summed E-state index contributed by atoms with van der Waals surface area (Å²) in [6, 6.07) is 22.7. The first-order chi connectivity index (χ1) is 13.7. The number of para-hydroxylation sites is 1. The Morgan fingerprint density at radius 3 is 2.54 bits per heavy atom. The molecule has 0 saturated heterocycles. The Kier molecular flexibility index (Phi) is 5.08. The van der Waals surface area contributed by atoms with E-state index >= 15 is 0 Å². The fourth-order valence-electron chi connectivity index (χ4n) is 3.01. The minimum absolute atomic E-state index is 0.116. The summed E-state index contributed by atoms with van der Waals surface area (Å²) in [7, 11) is 1.61. The lowest BCUT2D eigenvalue weighted by Crippen LogP contribution is -2.22. The third-order valence-electron chi connectivity index (χ3n) is 4.41. The predicted molar refractivity (Wildman–Crippen MR) is 117 cm³/mol. The number of nitrogens with zero attached hydrogens (tertiary/aromatic N) is 2. The maximum absolute atomic E-state index is 13.2. The van der Waals surface area contributed by atoms with Crippen molar-refractivity contribution in [1.82, 2.24) is 9.55 Å². The first kappa shape index (κ1) is 18.2. The first-order valence-corrected chi connectivity index (χ1v) is 9.55. The van der Waals surface area contributed by atoms with Gasteiger partial charge in [-0.1, -0.05) is 52.3 Å². The molecular weight excluding hydrogens is 416 g/mol. The van der Waals surface area contributed by atoms with Crippen LogP contribution in [0.2, 0.25) is 0 Å². The summed E-state index contributed by atoms with van der Waals surface area (Å²) >= 11 is 3.44. The standard InChI is InChI=1S/C23H17BrN2O2/c1-28-19-6-4-5-18(15-19)26-22(14-11-16-9-12-17(24)13-10-16)25-21-8-3-2-7-20(21)23(26)27/h2-15H,1H3/b14-11-. The van der Waals surface area contributed by atoms with E-state index in [-0.39, 0.29) is 5.56 Å². The van der Waals surface area contributed by atoms with Crippen LogP contribution < -0.4 is 10.3 Å². The van der Waals surface area contributed by atoms with Gasteiger partial charge >= 0.3 is 0 Å². The first-order valence-electron chi connectivity index (χ1n) is 8.75. The maximum Gasteiger partial charge on any atom is 0.266 e. The lowest BCUT2D eigenvalue weighted by molar-refractivity contribution is 0.414. The summed E-state index contributed by atoms with van der Waals surface area (Å²) in [5.41, 5.74) is 2.28. The maximum atomic E-state index is 13.2. The molecule has 0 bridgehead atoms. The Labute approximate surface area is 170 Å². The molecule has 0 saturated carbocycles. The van der Waals surface area contributed by atoms with E-state index in [4.69, 9.17) is 9.72 Å². The zero-order valence-corrected chi connectivity index (χ0v) is 16.8. The number of aromatic nitrogens is 2. The molecule has 0 aliphatic rings. The average molecular weight is 433 g/mol. The molecule has 0 aliphatic carbocycles. The van der Waals surface area contributed by atoms with Gasteiger partial charge in [0.1, 0.15) is 11.6 Å². The van der Waals surface area contributed by atoms with Gasteiger partial charge in [-0.05, 0) is 48.0 Å². The summed E-state index contributed by atoms with van der Waals surface area (Å²) in [4.78, 5) is 18.0. The molecular formula is C23H17BrN2O2. The van der Waals surface area contributed by atoms with Gasteiger partial charge in [-0.2, -0.15) is 0 Å². The summed E-state index contributed by atoms with van der Waals surface area (Å²) in [6.07, 6.45) is 3.80. The van der Waals surface area contributed by atoms with Crippen molar-refractivity contribution in [3.8, 4) is 11.4 Å². The van der Waals surface area contributed by atoms with Crippen LogP contribution in [-0.4, -0.2) is 16.7 Å². The van der Waals surface area contributed by atoms with Crippen molar-refractivity contribution in [3.63, 3.8) is 0 Å². The van der Waals surface area contributed by atoms with Gasteiger partial charge < -0.3 is 4.74 Å². The topological polar surface area (TPSA) is 44.1 Å². The van der Waals surface area contributed by atoms with Gasteiger partial charge in [0.25, 0.3) is 5.56 Å². The molecule has 0 unspecified atom stereocenters. The molecule has 4 nitrogen and oxygen atoms in total. The quantitative estimate of drug-likeness (QED) is 0.437. The van der Waals surface area contributed by atoms with Gasteiger partial charge in [-0.15, -0.1) is 0 Å². The number of fused-ring (bicyclic) bond motifs is 1. The third kappa shape index (κ3) is 3.62. The second kappa shape index (κ2) is 7.82. The molecule has 4 rings (SSSR count). The van der Waals surface area contributed by atoms with Gasteiger partial charge in [0.2, 0.25) is 0 Å². The second-order valence-electron chi connectivity index (χ2n) is 6.21. The van der Waals surface area contributed by atoms with Crippen LogP contribution >= 0.6 is 15.9 Å². The highest BCUT2D eigenvalue weighted by Gasteiger charge is 2.11. The van der Waals surface area contributed by atoms with E-state index in [1.165, 1.54) is 0 Å². The van der Waals surface area contributed by atoms with Gasteiger partial charge in [0, 0.05) is 10.5 Å². The molecule has 0 spiro atoms. The number of hydrogen-bond acceptors (Lipinski definition) is 3. The average Bonchev–Trinajstić information content (AvgIpc) is 2.73. The lowest BCUT2D eigenvalue weighted by atomic mass is 10.2. The summed E-state index contributed by atoms with van der Waals surface area (Å²) in [5.74, 6) is 1.24. The van der Waals surface area contributed by atoms with Gasteiger partial charge in [0.05, 0.1) is 23.7 Å². The number of halogens is 1. The summed E-state index contributed by atoms with van der Waals surface area (Å²) in [5, 5.41) is 0.575. The number of rotatable bonds is 4. The van der Waals surface area contributed by atoms with Crippen molar-refractivity contribution in [1.29, 1.82) is 0 Å². The molecule has 5 heteroatoms. The molecule has 0 radical (unpaired) electrons. The second-order valence-corrected chi connectivity index (χ2v) is 7.13. The fourth-order valence-corrected chi connectivity index (χ4v) is 3.27. The van der Waals surface area contributed by atoms with E-state index < -0.39 is 0 Å². The van der Waals surface area contributed by atoms with Crippen LogP contribution in [0, 0.1) is 0 Å². The Hall–Kier alpha value is -3.18. The van der Waals surface area contributed by atoms with E-state index in [1.807, 2.05) is 78.9 Å². The smallest absolute Gasteiger partial charge is 0.266 e. The fraction of sp³-hybridized carbons (Fsp3) is 0.0435. The number of benzene rings is 3. The summed E-state index contributed by atoms with van der Waals surface area (Å²) < 4.78 is 7.95. The van der Waals surface area contributed by atoms with E-state index in [1.54, 1.807) is 17.7 Å². The van der Waals surface area contributed by atoms with Crippen LogP contribution in [0.1, 0.15) is 11.4 Å². The minimum Gasteiger partial charge on any atom is -0.497 e. The molecule has 4 aromatic rings. The molecule has 3 aromatic carbocycles. The van der Waals surface area contributed by atoms with Crippen LogP contribution in [0.3, 0.4) is 0 Å². The van der Waals surface area contributed by atoms with Crippen LogP contribution in [0.25, 0.3) is 28.7 Å². The van der Waals surface area contributed by atoms with Crippen LogP contribution in [0.15, 0.2) is 82.1 Å². The van der Waals surface area contributed by atoms with Crippen molar-refractivity contribution in [2.24, 2.45) is 0 Å². The molecule has 0 atom stereocenters. The molecule has 0 amide bonds. The highest BCUT2D eigenvalue weighted by molar-refractivity contribution is 9.10. The minimum atomic E-state index is -0.116.